The molecule has 0 bridgehead atoms. The number of anilines is 1. The largest absolute Gasteiger partial charge is 0.379 e. The van der Waals surface area contributed by atoms with Crippen LogP contribution in [0.5, 0.6) is 0 Å². The average molecular weight is 378 g/mol. The van der Waals surface area contributed by atoms with Crippen molar-refractivity contribution >= 4 is 34.8 Å². The van der Waals surface area contributed by atoms with Gasteiger partial charge in [-0.15, -0.1) is 11.8 Å². The lowest BCUT2D eigenvalue weighted by molar-refractivity contribution is 0.0389. The molecule has 1 aliphatic heterocycles. The van der Waals surface area contributed by atoms with Gasteiger partial charge in [0.2, 0.25) is 0 Å². The van der Waals surface area contributed by atoms with E-state index in [4.69, 9.17) is 17.0 Å². The molecular weight excluding hydrogens is 354 g/mol. The highest BCUT2D eigenvalue weighted by Crippen LogP contribution is 2.19. The SMILES string of the molecule is S=C(NCCN1CCOCC1)Nc1cnn(CSc2ccccc2)c1. The molecule has 1 aliphatic rings. The van der Waals surface area contributed by atoms with Crippen LogP contribution in [0.25, 0.3) is 0 Å². The van der Waals surface area contributed by atoms with E-state index in [1.165, 1.54) is 4.90 Å². The summed E-state index contributed by atoms with van der Waals surface area (Å²) in [5, 5.41) is 11.4. The Labute approximate surface area is 157 Å². The third-order valence-electron chi connectivity index (χ3n) is 3.82. The zero-order valence-corrected chi connectivity index (χ0v) is 15.7. The first-order chi connectivity index (χ1) is 12.3. The molecule has 0 atom stereocenters. The molecule has 0 amide bonds. The highest BCUT2D eigenvalue weighted by molar-refractivity contribution is 7.98. The van der Waals surface area contributed by atoms with Gasteiger partial charge in [-0.1, -0.05) is 18.2 Å². The van der Waals surface area contributed by atoms with E-state index in [0.717, 1.165) is 51.0 Å². The van der Waals surface area contributed by atoms with Crippen LogP contribution in [0.2, 0.25) is 0 Å². The van der Waals surface area contributed by atoms with E-state index >= 15 is 0 Å². The summed E-state index contributed by atoms with van der Waals surface area (Å²) in [6.45, 7) is 5.43. The summed E-state index contributed by atoms with van der Waals surface area (Å²) in [4.78, 5) is 3.60. The lowest BCUT2D eigenvalue weighted by atomic mass is 10.4. The van der Waals surface area contributed by atoms with Gasteiger partial charge in [-0.25, -0.2) is 0 Å². The molecule has 2 aromatic rings. The summed E-state index contributed by atoms with van der Waals surface area (Å²) >= 11 is 7.09. The molecule has 0 spiro atoms. The molecule has 25 heavy (non-hydrogen) atoms. The second-order valence-corrected chi connectivity index (χ2v) is 7.12. The zero-order valence-electron chi connectivity index (χ0n) is 14.1. The Morgan fingerprint density at radius 3 is 2.84 bits per heavy atom. The number of aromatic nitrogens is 2. The normalized spacial score (nSPS) is 15.0. The van der Waals surface area contributed by atoms with Gasteiger partial charge in [0.15, 0.2) is 5.11 Å². The van der Waals surface area contributed by atoms with E-state index < -0.39 is 0 Å². The number of ether oxygens (including phenoxy) is 1. The first-order valence-electron chi connectivity index (χ1n) is 8.35. The molecule has 0 unspecified atom stereocenters. The molecule has 0 saturated carbocycles. The van der Waals surface area contributed by atoms with Gasteiger partial charge in [0.25, 0.3) is 0 Å². The molecule has 6 nitrogen and oxygen atoms in total. The lowest BCUT2D eigenvalue weighted by Gasteiger charge is -2.26. The molecule has 1 saturated heterocycles. The van der Waals surface area contributed by atoms with Gasteiger partial charge in [-0.05, 0) is 24.4 Å². The highest BCUT2D eigenvalue weighted by Gasteiger charge is 2.09. The van der Waals surface area contributed by atoms with Crippen molar-refractivity contribution in [1.82, 2.24) is 20.0 Å². The van der Waals surface area contributed by atoms with E-state index in [1.807, 2.05) is 29.1 Å². The molecule has 1 fully saturated rings. The van der Waals surface area contributed by atoms with Gasteiger partial charge in [-0.3, -0.25) is 9.58 Å². The van der Waals surface area contributed by atoms with Crippen molar-refractivity contribution in [3.8, 4) is 0 Å². The maximum Gasteiger partial charge on any atom is 0.170 e. The molecule has 0 aliphatic carbocycles. The van der Waals surface area contributed by atoms with Gasteiger partial charge in [0, 0.05) is 37.3 Å². The van der Waals surface area contributed by atoms with Crippen molar-refractivity contribution in [2.45, 2.75) is 10.8 Å². The van der Waals surface area contributed by atoms with Crippen LogP contribution in [0.1, 0.15) is 0 Å². The fourth-order valence-electron chi connectivity index (χ4n) is 2.48. The van der Waals surface area contributed by atoms with Gasteiger partial charge >= 0.3 is 0 Å². The Bertz CT molecular complexity index is 658. The number of nitrogens with zero attached hydrogens (tertiary/aromatic N) is 3. The molecule has 8 heteroatoms. The fraction of sp³-hybridized carbons (Fsp3) is 0.412. The highest BCUT2D eigenvalue weighted by atomic mass is 32.2. The van der Waals surface area contributed by atoms with Crippen LogP contribution in [-0.2, 0) is 10.6 Å². The van der Waals surface area contributed by atoms with E-state index in [-0.39, 0.29) is 0 Å². The van der Waals surface area contributed by atoms with Crippen molar-refractivity contribution < 1.29 is 4.74 Å². The summed E-state index contributed by atoms with van der Waals surface area (Å²) < 4.78 is 7.24. The molecule has 2 heterocycles. The number of thiocarbonyl (C=S) groups is 1. The topological polar surface area (TPSA) is 54.4 Å². The maximum atomic E-state index is 5.35. The molecule has 1 aromatic carbocycles. The number of hydrogen-bond acceptors (Lipinski definition) is 5. The summed E-state index contributed by atoms with van der Waals surface area (Å²) in [7, 11) is 0. The Kier molecular flexibility index (Phi) is 7.10. The van der Waals surface area contributed by atoms with Crippen molar-refractivity contribution in [2.24, 2.45) is 0 Å². The first kappa shape index (κ1) is 18.2. The number of hydrogen-bond donors (Lipinski definition) is 2. The number of nitrogens with one attached hydrogen (secondary N) is 2. The summed E-state index contributed by atoms with van der Waals surface area (Å²) in [6, 6.07) is 10.3. The number of morpholine rings is 1. The summed E-state index contributed by atoms with van der Waals surface area (Å²) in [5.41, 5.74) is 0.900. The molecule has 2 N–H and O–H groups in total. The predicted molar refractivity (Wildman–Crippen MR) is 106 cm³/mol. The second kappa shape index (κ2) is 9.76. The summed E-state index contributed by atoms with van der Waals surface area (Å²) in [5.74, 6) is 0.767. The average Bonchev–Trinajstić information content (AvgIpc) is 3.09. The minimum Gasteiger partial charge on any atom is -0.379 e. The van der Waals surface area contributed by atoms with Crippen LogP contribution in [0, 0.1) is 0 Å². The van der Waals surface area contributed by atoms with Crippen molar-refractivity contribution in [3.63, 3.8) is 0 Å². The van der Waals surface area contributed by atoms with E-state index in [1.54, 1.807) is 18.0 Å². The van der Waals surface area contributed by atoms with Crippen LogP contribution in [0.15, 0.2) is 47.6 Å². The minimum atomic E-state index is 0.628. The van der Waals surface area contributed by atoms with E-state index in [0.29, 0.717) is 5.11 Å². The third kappa shape index (κ3) is 6.32. The Balaban J connectivity index is 1.36. The van der Waals surface area contributed by atoms with Crippen LogP contribution in [0.4, 0.5) is 5.69 Å². The van der Waals surface area contributed by atoms with E-state index in [9.17, 15) is 0 Å². The molecule has 0 radical (unpaired) electrons. The Hall–Kier alpha value is -1.61. The number of rotatable bonds is 7. The lowest BCUT2D eigenvalue weighted by Crippen LogP contribution is -2.42. The monoisotopic (exact) mass is 377 g/mol. The van der Waals surface area contributed by atoms with Gasteiger partial charge in [0.1, 0.15) is 0 Å². The number of thioether (sulfide) groups is 1. The standard InChI is InChI=1S/C17H23N5OS2/c24-17(18-6-7-21-8-10-23-11-9-21)20-15-12-19-22(13-15)14-25-16-4-2-1-3-5-16/h1-5,12-13H,6-11,14H2,(H2,18,20,24). The van der Waals surface area contributed by atoms with Crippen LogP contribution in [-0.4, -0.2) is 59.2 Å². The molecular formula is C17H23N5OS2. The zero-order chi connectivity index (χ0) is 17.3. The third-order valence-corrected chi connectivity index (χ3v) is 5.06. The molecule has 134 valence electrons. The van der Waals surface area contributed by atoms with Crippen molar-refractivity contribution in [1.29, 1.82) is 0 Å². The summed E-state index contributed by atoms with van der Waals surface area (Å²) in [6.07, 6.45) is 3.76. The van der Waals surface area contributed by atoms with Crippen LogP contribution >= 0.6 is 24.0 Å². The fourth-order valence-corrected chi connectivity index (χ4v) is 3.48. The quantitative estimate of drug-likeness (QED) is 0.567. The Morgan fingerprint density at radius 1 is 1.24 bits per heavy atom. The van der Waals surface area contributed by atoms with E-state index in [2.05, 4.69) is 32.8 Å². The van der Waals surface area contributed by atoms with Gasteiger partial charge in [-0.2, -0.15) is 5.10 Å². The Morgan fingerprint density at radius 2 is 2.04 bits per heavy atom. The smallest absolute Gasteiger partial charge is 0.170 e. The first-order valence-corrected chi connectivity index (χ1v) is 9.74. The number of benzene rings is 1. The van der Waals surface area contributed by atoms with Crippen molar-refractivity contribution in [2.75, 3.05) is 44.7 Å². The van der Waals surface area contributed by atoms with Crippen LogP contribution in [0.3, 0.4) is 0 Å². The maximum absolute atomic E-state index is 5.35. The molecule has 3 rings (SSSR count). The van der Waals surface area contributed by atoms with Gasteiger partial charge < -0.3 is 15.4 Å². The minimum absolute atomic E-state index is 0.628. The van der Waals surface area contributed by atoms with Crippen molar-refractivity contribution in [3.05, 3.63) is 42.7 Å². The predicted octanol–water partition coefficient (Wildman–Crippen LogP) is 2.25. The van der Waals surface area contributed by atoms with Crippen LogP contribution < -0.4 is 10.6 Å². The second-order valence-electron chi connectivity index (χ2n) is 5.69. The molecule has 1 aromatic heterocycles. The van der Waals surface area contributed by atoms with Gasteiger partial charge in [0.05, 0.1) is 31.0 Å².